The molecule has 0 aliphatic carbocycles. The minimum atomic E-state index is -0.182. The van der Waals surface area contributed by atoms with Gasteiger partial charge in [0.25, 0.3) is 0 Å². The van der Waals surface area contributed by atoms with E-state index in [4.69, 9.17) is 9.84 Å². The van der Waals surface area contributed by atoms with E-state index in [0.29, 0.717) is 31.7 Å². The molecule has 1 amide bonds. The molecule has 9 heteroatoms. The molecule has 5 heterocycles. The van der Waals surface area contributed by atoms with Crippen LogP contribution in [0.3, 0.4) is 0 Å². The van der Waals surface area contributed by atoms with E-state index < -0.39 is 0 Å². The van der Waals surface area contributed by atoms with Crippen molar-refractivity contribution in [3.63, 3.8) is 0 Å². The molecule has 0 unspecified atom stereocenters. The maximum atomic E-state index is 15.7. The van der Waals surface area contributed by atoms with E-state index in [0.717, 1.165) is 60.6 Å². The first-order valence-electron chi connectivity index (χ1n) is 12.0. The van der Waals surface area contributed by atoms with Gasteiger partial charge in [-0.3, -0.25) is 14.2 Å². The molecule has 0 bridgehead atoms. The van der Waals surface area contributed by atoms with Gasteiger partial charge >= 0.3 is 0 Å². The van der Waals surface area contributed by atoms with Crippen molar-refractivity contribution in [2.24, 2.45) is 7.05 Å². The molecular weight excluding hydrogens is 435 g/mol. The Morgan fingerprint density at radius 3 is 2.82 bits per heavy atom. The maximum absolute atomic E-state index is 15.7. The summed E-state index contributed by atoms with van der Waals surface area (Å²) in [5.41, 5.74) is 5.21. The van der Waals surface area contributed by atoms with E-state index in [1.54, 1.807) is 17.8 Å². The first kappa shape index (κ1) is 21.3. The second kappa shape index (κ2) is 8.23. The third-order valence-electron chi connectivity index (χ3n) is 7.35. The number of carbonyl (C=O) groups is 1. The van der Waals surface area contributed by atoms with Crippen molar-refractivity contribution in [2.75, 3.05) is 31.2 Å². The summed E-state index contributed by atoms with van der Waals surface area (Å²) in [7, 11) is 1.83. The number of carbonyl (C=O) groups excluding carboxylic acids is 1. The summed E-state index contributed by atoms with van der Waals surface area (Å²) in [5.74, 6) is 0.736. The summed E-state index contributed by atoms with van der Waals surface area (Å²) in [4.78, 5) is 16.2. The summed E-state index contributed by atoms with van der Waals surface area (Å²) in [6, 6.07) is 4.06. The fraction of sp³-hybridized carbons (Fsp3) is 0.480. The lowest BCUT2D eigenvalue weighted by Gasteiger charge is -2.33. The number of nitrogens with zero attached hydrogens (tertiary/aromatic N) is 6. The van der Waals surface area contributed by atoms with Crippen molar-refractivity contribution in [3.05, 3.63) is 47.2 Å². The fourth-order valence-electron chi connectivity index (χ4n) is 5.57. The molecule has 3 aliphatic rings. The highest BCUT2D eigenvalue weighted by molar-refractivity contribution is 5.76. The van der Waals surface area contributed by atoms with Crippen LogP contribution >= 0.6 is 0 Å². The van der Waals surface area contributed by atoms with Crippen LogP contribution in [0.4, 0.5) is 15.9 Å². The summed E-state index contributed by atoms with van der Waals surface area (Å²) < 4.78 is 25.2. The smallest absolute Gasteiger partial charge is 0.219 e. The lowest BCUT2D eigenvalue weighted by molar-refractivity contribution is -0.129. The van der Waals surface area contributed by atoms with Crippen LogP contribution in [0.1, 0.15) is 42.6 Å². The number of fused-ring (bicyclic) bond motifs is 2. The SMILES string of the molecule is CC(=O)N1CCc2c(c(N3CCCc4c3ccc(-c3cnn(C)c3)c4F)nn2[C@H]2CCOC2)C1. The molecule has 178 valence electrons. The van der Waals surface area contributed by atoms with Crippen molar-refractivity contribution in [1.82, 2.24) is 24.5 Å². The molecular formula is C25H29FN6O2. The Bertz CT molecular complexity index is 1260. The van der Waals surface area contributed by atoms with Crippen molar-refractivity contribution < 1.29 is 13.9 Å². The van der Waals surface area contributed by atoms with Gasteiger partial charge in [-0.1, -0.05) is 0 Å². The molecule has 8 nitrogen and oxygen atoms in total. The largest absolute Gasteiger partial charge is 0.379 e. The Morgan fingerprint density at radius 1 is 1.21 bits per heavy atom. The van der Waals surface area contributed by atoms with Gasteiger partial charge in [-0.15, -0.1) is 0 Å². The molecule has 1 fully saturated rings. The van der Waals surface area contributed by atoms with Gasteiger partial charge in [0.05, 0.1) is 25.4 Å². The van der Waals surface area contributed by atoms with Gasteiger partial charge in [-0.2, -0.15) is 10.2 Å². The lowest BCUT2D eigenvalue weighted by atomic mass is 9.95. The summed E-state index contributed by atoms with van der Waals surface area (Å²) in [5, 5.41) is 9.30. The van der Waals surface area contributed by atoms with Gasteiger partial charge < -0.3 is 14.5 Å². The topological polar surface area (TPSA) is 68.4 Å². The molecule has 2 aromatic heterocycles. The van der Waals surface area contributed by atoms with Crippen LogP contribution in [0.2, 0.25) is 0 Å². The molecule has 1 aromatic carbocycles. The Morgan fingerprint density at radius 2 is 2.09 bits per heavy atom. The zero-order chi connectivity index (χ0) is 23.4. The van der Waals surface area contributed by atoms with E-state index in [1.165, 1.54) is 5.69 Å². The number of benzene rings is 1. The van der Waals surface area contributed by atoms with Crippen molar-refractivity contribution in [1.29, 1.82) is 0 Å². The van der Waals surface area contributed by atoms with Crippen LogP contribution < -0.4 is 4.90 Å². The predicted octanol–water partition coefficient (Wildman–Crippen LogP) is 3.37. The van der Waals surface area contributed by atoms with E-state index in [1.807, 2.05) is 30.3 Å². The summed E-state index contributed by atoms with van der Waals surface area (Å²) in [6.07, 6.45) is 6.76. The molecule has 0 spiro atoms. The monoisotopic (exact) mass is 464 g/mol. The van der Waals surface area contributed by atoms with Gasteiger partial charge in [0.15, 0.2) is 5.82 Å². The minimum absolute atomic E-state index is 0.0692. The normalized spacial score (nSPS) is 19.9. The number of hydrogen-bond acceptors (Lipinski definition) is 5. The van der Waals surface area contributed by atoms with Crippen LogP contribution in [0.5, 0.6) is 0 Å². The van der Waals surface area contributed by atoms with E-state index in [-0.39, 0.29) is 17.8 Å². The summed E-state index contributed by atoms with van der Waals surface area (Å²) in [6.45, 7) is 5.01. The highest BCUT2D eigenvalue weighted by atomic mass is 19.1. The molecule has 34 heavy (non-hydrogen) atoms. The van der Waals surface area contributed by atoms with E-state index in [2.05, 4.69) is 14.7 Å². The zero-order valence-electron chi connectivity index (χ0n) is 19.6. The van der Waals surface area contributed by atoms with Gasteiger partial charge in [0, 0.05) is 79.9 Å². The van der Waals surface area contributed by atoms with Crippen molar-refractivity contribution >= 4 is 17.4 Å². The van der Waals surface area contributed by atoms with Gasteiger partial charge in [-0.05, 0) is 31.4 Å². The third kappa shape index (κ3) is 3.41. The number of amides is 1. The van der Waals surface area contributed by atoms with Crippen molar-refractivity contribution in [2.45, 2.75) is 45.2 Å². The molecule has 1 saturated heterocycles. The van der Waals surface area contributed by atoms with E-state index >= 15 is 4.39 Å². The number of anilines is 2. The number of halogens is 1. The Kier molecular flexibility index (Phi) is 5.17. The average Bonchev–Trinajstić information content (AvgIpc) is 3.58. The molecule has 1 atom stereocenters. The highest BCUT2D eigenvalue weighted by Crippen LogP contribution is 2.41. The van der Waals surface area contributed by atoms with E-state index in [9.17, 15) is 4.79 Å². The van der Waals surface area contributed by atoms with Crippen LogP contribution in [-0.4, -0.2) is 56.7 Å². The number of ether oxygens (including phenoxy) is 1. The lowest BCUT2D eigenvalue weighted by Crippen LogP contribution is -2.35. The first-order valence-corrected chi connectivity index (χ1v) is 12.0. The molecule has 3 aliphatic heterocycles. The van der Waals surface area contributed by atoms with Crippen molar-refractivity contribution in [3.8, 4) is 11.1 Å². The molecule has 0 radical (unpaired) electrons. The van der Waals surface area contributed by atoms with Crippen LogP contribution in [-0.2, 0) is 36.0 Å². The predicted molar refractivity (Wildman–Crippen MR) is 125 cm³/mol. The number of hydrogen-bond donors (Lipinski definition) is 0. The molecule has 0 saturated carbocycles. The van der Waals surface area contributed by atoms with Crippen LogP contribution in [0, 0.1) is 5.82 Å². The van der Waals surface area contributed by atoms with Gasteiger partial charge in [0.1, 0.15) is 5.82 Å². The van der Waals surface area contributed by atoms with Crippen LogP contribution in [0.25, 0.3) is 11.1 Å². The second-order valence-electron chi connectivity index (χ2n) is 9.48. The maximum Gasteiger partial charge on any atom is 0.219 e. The van der Waals surface area contributed by atoms with Gasteiger partial charge in [-0.25, -0.2) is 4.39 Å². The first-order chi connectivity index (χ1) is 16.5. The second-order valence-corrected chi connectivity index (χ2v) is 9.48. The third-order valence-corrected chi connectivity index (χ3v) is 7.35. The molecule has 0 N–H and O–H groups in total. The standard InChI is InChI=1S/C25H29FN6O2/c1-16(33)30-10-7-23-21(14-30)25(28-32(23)18-8-11-34-15-18)31-9-3-4-20-22(31)6-5-19(24(20)26)17-12-27-29(2)13-17/h5-6,12-13,18H,3-4,7-11,14-15H2,1-2H3/t18-/m0/s1. The minimum Gasteiger partial charge on any atom is -0.379 e. The Hall–Kier alpha value is -3.20. The Balaban J connectivity index is 1.45. The fourth-order valence-corrected chi connectivity index (χ4v) is 5.57. The average molecular weight is 465 g/mol. The number of aryl methyl sites for hydroxylation is 1. The molecule has 3 aromatic rings. The summed E-state index contributed by atoms with van der Waals surface area (Å²) >= 11 is 0. The van der Waals surface area contributed by atoms with Crippen LogP contribution in [0.15, 0.2) is 24.5 Å². The highest BCUT2D eigenvalue weighted by Gasteiger charge is 2.34. The number of aromatic nitrogens is 4. The zero-order valence-corrected chi connectivity index (χ0v) is 19.6. The quantitative estimate of drug-likeness (QED) is 0.595. The number of rotatable bonds is 3. The molecule has 6 rings (SSSR count). The van der Waals surface area contributed by atoms with Gasteiger partial charge in [0.2, 0.25) is 5.91 Å². The Labute approximate surface area is 197 Å².